The van der Waals surface area contributed by atoms with Gasteiger partial charge in [0, 0.05) is 43.9 Å². The Morgan fingerprint density at radius 1 is 1.05 bits per heavy atom. The smallest absolute Gasteiger partial charge is 0.433 e. The van der Waals surface area contributed by atoms with Gasteiger partial charge in [-0.05, 0) is 30.7 Å². The molecule has 1 unspecified atom stereocenters. The Morgan fingerprint density at radius 3 is 2.37 bits per heavy atom. The van der Waals surface area contributed by atoms with Gasteiger partial charge >= 0.3 is 6.18 Å². The minimum Gasteiger partial charge on any atom is -0.493 e. The quantitative estimate of drug-likeness (QED) is 0.352. The Hall–Kier alpha value is -4.16. The first-order chi connectivity index (χ1) is 19.6. The van der Waals surface area contributed by atoms with Crippen LogP contribution in [0.5, 0.6) is 11.5 Å². The number of ether oxygens (including phenoxy) is 2. The van der Waals surface area contributed by atoms with Gasteiger partial charge in [-0.2, -0.15) is 18.3 Å². The number of carbonyl (C=O) groups excluding carboxylic acids is 1. The Morgan fingerprint density at radius 2 is 1.76 bits per heavy atom. The molecule has 41 heavy (non-hydrogen) atoms. The number of aliphatic hydroxyl groups excluding tert-OH is 1. The van der Waals surface area contributed by atoms with Crippen molar-refractivity contribution in [3.8, 4) is 22.8 Å². The van der Waals surface area contributed by atoms with Crippen molar-refractivity contribution < 1.29 is 32.5 Å². The third-order valence-corrected chi connectivity index (χ3v) is 7.15. The fraction of sp³-hybridized carbons (Fsp3) is 0.345. The molecule has 1 aliphatic rings. The molecule has 0 radical (unpaired) electrons. The van der Waals surface area contributed by atoms with Crippen LogP contribution in [0.4, 0.5) is 13.2 Å². The van der Waals surface area contributed by atoms with E-state index in [1.807, 2.05) is 30.3 Å². The highest BCUT2D eigenvalue weighted by atomic mass is 19.4. The minimum atomic E-state index is -4.78. The number of fused-ring (bicyclic) bond motifs is 1. The summed E-state index contributed by atoms with van der Waals surface area (Å²) in [5.41, 5.74) is 0.355. The van der Waals surface area contributed by atoms with E-state index in [2.05, 4.69) is 15.0 Å². The first kappa shape index (κ1) is 28.4. The van der Waals surface area contributed by atoms with Crippen LogP contribution >= 0.6 is 0 Å². The van der Waals surface area contributed by atoms with E-state index < -0.39 is 23.9 Å². The lowest BCUT2D eigenvalue weighted by atomic mass is 10.0. The lowest BCUT2D eigenvalue weighted by Crippen LogP contribution is -2.48. The molecule has 5 rings (SSSR count). The molecular weight excluding hydrogens is 539 g/mol. The van der Waals surface area contributed by atoms with Crippen molar-refractivity contribution in [2.75, 3.05) is 40.4 Å². The number of aliphatic hydroxyl groups is 1. The Bertz CT molecular complexity index is 1550. The number of amides is 1. The van der Waals surface area contributed by atoms with E-state index in [9.17, 15) is 23.1 Å². The van der Waals surface area contributed by atoms with Crippen LogP contribution in [0.3, 0.4) is 0 Å². The van der Waals surface area contributed by atoms with Gasteiger partial charge in [0.05, 0.1) is 32.2 Å². The van der Waals surface area contributed by atoms with Crippen LogP contribution in [0.2, 0.25) is 0 Å². The molecule has 3 heterocycles. The Labute approximate surface area is 234 Å². The van der Waals surface area contributed by atoms with Gasteiger partial charge in [-0.1, -0.05) is 30.3 Å². The third kappa shape index (κ3) is 5.70. The summed E-state index contributed by atoms with van der Waals surface area (Å²) in [4.78, 5) is 21.8. The number of carbonyl (C=O) groups is 1. The maximum absolute atomic E-state index is 14.2. The van der Waals surface area contributed by atoms with Crippen LogP contribution in [0.1, 0.15) is 40.2 Å². The zero-order valence-electron chi connectivity index (χ0n) is 22.9. The van der Waals surface area contributed by atoms with Crippen LogP contribution < -0.4 is 9.47 Å². The number of halogens is 3. The van der Waals surface area contributed by atoms with E-state index in [1.165, 1.54) is 38.8 Å². The van der Waals surface area contributed by atoms with E-state index in [4.69, 9.17) is 9.47 Å². The summed E-state index contributed by atoms with van der Waals surface area (Å²) in [6.45, 7) is 4.34. The van der Waals surface area contributed by atoms with E-state index in [0.717, 1.165) is 18.8 Å². The van der Waals surface area contributed by atoms with Crippen molar-refractivity contribution in [1.82, 2.24) is 24.4 Å². The SMILES string of the molecule is COc1cc(-c2cc(C(F)(F)F)n3ncc(C(=O)N4CCN(Cc5ccccc5)CC4)c3n2)cc(C(C)O)c1OC. The van der Waals surface area contributed by atoms with Gasteiger partial charge in [-0.3, -0.25) is 9.69 Å². The summed E-state index contributed by atoms with van der Waals surface area (Å²) in [5.74, 6) is 0.0402. The summed E-state index contributed by atoms with van der Waals surface area (Å²) in [7, 11) is 2.79. The molecule has 2 aromatic carbocycles. The standard InChI is InChI=1S/C29H30F3N5O4/c1-18(38)21-13-20(14-24(40-2)26(21)41-3)23-15-25(29(30,31)32)37-27(34-23)22(16-33-37)28(39)36-11-9-35(10-12-36)17-19-7-5-4-6-8-19/h4-8,13-16,18,38H,9-12,17H2,1-3H3. The molecule has 1 N–H and O–H groups in total. The van der Waals surface area contributed by atoms with E-state index in [1.54, 1.807) is 4.90 Å². The number of hydrogen-bond donors (Lipinski definition) is 1. The molecule has 1 atom stereocenters. The maximum Gasteiger partial charge on any atom is 0.433 e. The van der Waals surface area contributed by atoms with Crippen molar-refractivity contribution in [1.29, 1.82) is 0 Å². The fourth-order valence-corrected chi connectivity index (χ4v) is 5.04. The van der Waals surface area contributed by atoms with Gasteiger partial charge in [-0.15, -0.1) is 0 Å². The molecule has 0 bridgehead atoms. The van der Waals surface area contributed by atoms with Crippen LogP contribution in [0.25, 0.3) is 16.9 Å². The molecule has 0 saturated carbocycles. The van der Waals surface area contributed by atoms with Crippen LogP contribution in [-0.4, -0.2) is 75.8 Å². The first-order valence-electron chi connectivity index (χ1n) is 13.1. The number of aromatic nitrogens is 3. The topological polar surface area (TPSA) is 92.4 Å². The van der Waals surface area contributed by atoms with Crippen LogP contribution in [0, 0.1) is 0 Å². The number of piperazine rings is 1. The summed E-state index contributed by atoms with van der Waals surface area (Å²) in [6.07, 6.45) is -4.65. The zero-order valence-corrected chi connectivity index (χ0v) is 22.9. The number of alkyl halides is 3. The number of benzene rings is 2. The second kappa shape index (κ2) is 11.4. The van der Waals surface area contributed by atoms with Crippen molar-refractivity contribution >= 4 is 11.6 Å². The second-order valence-corrected chi connectivity index (χ2v) is 9.85. The number of nitrogens with zero attached hydrogens (tertiary/aromatic N) is 5. The largest absolute Gasteiger partial charge is 0.493 e. The molecule has 9 nitrogen and oxygen atoms in total. The van der Waals surface area contributed by atoms with Crippen molar-refractivity contribution in [3.63, 3.8) is 0 Å². The van der Waals surface area contributed by atoms with Gasteiger partial charge in [-0.25, -0.2) is 9.50 Å². The first-order valence-corrected chi connectivity index (χ1v) is 13.1. The molecule has 0 spiro atoms. The Kier molecular flexibility index (Phi) is 7.87. The predicted molar refractivity (Wildman–Crippen MR) is 145 cm³/mol. The Balaban J connectivity index is 1.50. The van der Waals surface area contributed by atoms with E-state index in [-0.39, 0.29) is 34.0 Å². The fourth-order valence-electron chi connectivity index (χ4n) is 5.04. The molecule has 1 saturated heterocycles. The highest BCUT2D eigenvalue weighted by Gasteiger charge is 2.37. The summed E-state index contributed by atoms with van der Waals surface area (Å²) in [6, 6.07) is 13.8. The maximum atomic E-state index is 14.2. The summed E-state index contributed by atoms with van der Waals surface area (Å²) >= 11 is 0. The van der Waals surface area contributed by atoms with Gasteiger partial charge < -0.3 is 19.5 Å². The van der Waals surface area contributed by atoms with Crippen LogP contribution in [0.15, 0.2) is 54.7 Å². The third-order valence-electron chi connectivity index (χ3n) is 7.15. The van der Waals surface area contributed by atoms with Gasteiger partial charge in [0.1, 0.15) is 5.56 Å². The van der Waals surface area contributed by atoms with Gasteiger partial charge in [0.2, 0.25) is 0 Å². The zero-order chi connectivity index (χ0) is 29.3. The normalized spacial score (nSPS) is 15.2. The van der Waals surface area contributed by atoms with Crippen molar-refractivity contribution in [2.45, 2.75) is 25.7 Å². The predicted octanol–water partition coefficient (Wildman–Crippen LogP) is 4.44. The number of rotatable bonds is 7. The molecule has 12 heteroatoms. The minimum absolute atomic E-state index is 0.0231. The lowest BCUT2D eigenvalue weighted by molar-refractivity contribution is -0.142. The summed E-state index contributed by atoms with van der Waals surface area (Å²) < 4.78 is 54.0. The number of methoxy groups -OCH3 is 2. The molecule has 4 aromatic rings. The van der Waals surface area contributed by atoms with E-state index >= 15 is 0 Å². The number of hydrogen-bond acceptors (Lipinski definition) is 7. The molecule has 1 fully saturated rings. The average molecular weight is 570 g/mol. The second-order valence-electron chi connectivity index (χ2n) is 9.85. The molecule has 216 valence electrons. The monoisotopic (exact) mass is 569 g/mol. The van der Waals surface area contributed by atoms with Gasteiger partial charge in [0.25, 0.3) is 5.91 Å². The van der Waals surface area contributed by atoms with E-state index in [0.29, 0.717) is 36.3 Å². The van der Waals surface area contributed by atoms with Gasteiger partial charge in [0.15, 0.2) is 22.8 Å². The molecule has 0 aliphatic carbocycles. The van der Waals surface area contributed by atoms with Crippen molar-refractivity contribution in [3.05, 3.63) is 77.1 Å². The highest BCUT2D eigenvalue weighted by molar-refractivity contribution is 6.00. The molecule has 1 amide bonds. The lowest BCUT2D eigenvalue weighted by Gasteiger charge is -2.34. The average Bonchev–Trinajstić information content (AvgIpc) is 3.39. The summed E-state index contributed by atoms with van der Waals surface area (Å²) in [5, 5.41) is 14.2. The molecule has 1 aliphatic heterocycles. The van der Waals surface area contributed by atoms with Crippen LogP contribution in [-0.2, 0) is 12.7 Å². The molecule has 2 aromatic heterocycles. The highest BCUT2D eigenvalue weighted by Crippen LogP contribution is 2.40. The van der Waals surface area contributed by atoms with Crippen molar-refractivity contribution in [2.24, 2.45) is 0 Å². The molecular formula is C29H30F3N5O4.